The van der Waals surface area contributed by atoms with Gasteiger partial charge in [0.1, 0.15) is 28.5 Å². The topological polar surface area (TPSA) is 121 Å². The molecule has 0 aliphatic carbocycles. The normalized spacial score (nSPS) is 13.8. The predicted molar refractivity (Wildman–Crippen MR) is 168 cm³/mol. The van der Waals surface area contributed by atoms with Crippen LogP contribution >= 0.6 is 11.3 Å². The Morgan fingerprint density at radius 2 is 2.05 bits per heavy atom. The van der Waals surface area contributed by atoms with Crippen molar-refractivity contribution in [3.8, 4) is 11.5 Å². The Balaban J connectivity index is 1.04. The van der Waals surface area contributed by atoms with Crippen molar-refractivity contribution in [3.05, 3.63) is 63.9 Å². The fourth-order valence-corrected chi connectivity index (χ4v) is 7.17. The third-order valence-corrected chi connectivity index (χ3v) is 9.35. The molecule has 12 heteroatoms. The summed E-state index contributed by atoms with van der Waals surface area (Å²) in [7, 11) is 5.23. The quantitative estimate of drug-likeness (QED) is 0.249. The average Bonchev–Trinajstić information content (AvgIpc) is 3.77. The van der Waals surface area contributed by atoms with E-state index < -0.39 is 0 Å². The molecule has 3 aromatic heterocycles. The molecule has 2 aliphatic heterocycles. The minimum Gasteiger partial charge on any atom is -0.496 e. The molecule has 0 saturated heterocycles. The highest BCUT2D eigenvalue weighted by Gasteiger charge is 2.28. The zero-order valence-corrected chi connectivity index (χ0v) is 25.1. The molecule has 0 radical (unpaired) electrons. The lowest BCUT2D eigenvalue weighted by molar-refractivity contribution is 0.158. The van der Waals surface area contributed by atoms with Gasteiger partial charge in [0.05, 0.1) is 50.1 Å². The molecule has 0 saturated carbocycles. The van der Waals surface area contributed by atoms with Crippen molar-refractivity contribution >= 4 is 56.2 Å². The van der Waals surface area contributed by atoms with Crippen LogP contribution in [0.5, 0.6) is 11.5 Å². The first kappa shape index (κ1) is 27.1. The molecule has 0 atom stereocenters. The van der Waals surface area contributed by atoms with Gasteiger partial charge in [-0.25, -0.2) is 14.8 Å². The largest absolute Gasteiger partial charge is 0.496 e. The second-order valence-corrected chi connectivity index (χ2v) is 11.9. The van der Waals surface area contributed by atoms with E-state index in [9.17, 15) is 4.79 Å². The molecule has 220 valence electrons. The lowest BCUT2D eigenvalue weighted by Crippen LogP contribution is -2.43. The van der Waals surface area contributed by atoms with E-state index in [1.165, 1.54) is 5.56 Å². The molecule has 11 nitrogen and oxygen atoms in total. The van der Waals surface area contributed by atoms with Crippen LogP contribution in [-0.4, -0.2) is 76.6 Å². The molecule has 5 aromatic rings. The van der Waals surface area contributed by atoms with Gasteiger partial charge in [0.25, 0.3) is 0 Å². The lowest BCUT2D eigenvalue weighted by atomic mass is 10.0. The zero-order valence-electron chi connectivity index (χ0n) is 24.3. The number of methoxy groups -OCH3 is 2. The van der Waals surface area contributed by atoms with Crippen molar-refractivity contribution in [1.29, 1.82) is 0 Å². The van der Waals surface area contributed by atoms with Crippen LogP contribution < -0.4 is 14.8 Å². The molecular formula is C31H32N8O3S. The first-order valence-corrected chi connectivity index (χ1v) is 15.1. The van der Waals surface area contributed by atoms with Crippen LogP contribution in [-0.2, 0) is 25.9 Å². The second-order valence-electron chi connectivity index (χ2n) is 10.9. The molecule has 2 N–H and O–H groups in total. The number of amides is 2. The lowest BCUT2D eigenvalue weighted by Gasteiger charge is -2.31. The number of H-pyrrole nitrogens is 1. The molecule has 2 amide bonds. The minimum atomic E-state index is 0.0364. The highest BCUT2D eigenvalue weighted by molar-refractivity contribution is 7.19. The summed E-state index contributed by atoms with van der Waals surface area (Å²) in [6, 6.07) is 8.20. The third-order valence-electron chi connectivity index (χ3n) is 8.22. The number of aliphatic imine (C=N–C) groups is 1. The third kappa shape index (κ3) is 5.01. The number of nitrogens with zero attached hydrogens (tertiary/aromatic N) is 6. The van der Waals surface area contributed by atoms with Crippen molar-refractivity contribution in [3.63, 3.8) is 0 Å². The molecule has 0 spiro atoms. The highest BCUT2D eigenvalue weighted by atomic mass is 32.1. The predicted octanol–water partition coefficient (Wildman–Crippen LogP) is 5.30. The number of carbonyl (C=O) groups is 1. The number of urea groups is 1. The monoisotopic (exact) mass is 596 g/mol. The van der Waals surface area contributed by atoms with Gasteiger partial charge >= 0.3 is 6.03 Å². The molecule has 5 heterocycles. The van der Waals surface area contributed by atoms with Crippen LogP contribution in [0.4, 0.5) is 16.3 Å². The first-order valence-electron chi connectivity index (χ1n) is 14.3. The highest BCUT2D eigenvalue weighted by Crippen LogP contribution is 2.40. The SMILES string of the molecule is COc1cc2[nH]ncc2cc1CCCN(C)C(=O)N1CCc2c(sc3ncnc(Nc4cc5c(cc4OC)CN=C5)c23)C1. The van der Waals surface area contributed by atoms with E-state index in [0.717, 1.165) is 85.0 Å². The molecule has 0 unspecified atom stereocenters. The summed E-state index contributed by atoms with van der Waals surface area (Å²) in [5.41, 5.74) is 6.33. The standard InChI is InChI=1S/C31H32N8O3S/c1-38(7-4-5-18-9-21-15-35-37-23(21)12-25(18)41-2)31(40)39-8-6-22-27(16-39)43-30-28(22)29(33-17-34-30)36-24-10-19-13-32-14-20(19)11-26(24)42-3/h9-13,15,17H,4-8,14,16H2,1-3H3,(H,35,37)(H,33,34,36). The van der Waals surface area contributed by atoms with Crippen LogP contribution in [0.15, 0.2) is 41.8 Å². The van der Waals surface area contributed by atoms with E-state index in [4.69, 9.17) is 9.47 Å². The van der Waals surface area contributed by atoms with Gasteiger partial charge in [0.2, 0.25) is 0 Å². The molecular weight excluding hydrogens is 564 g/mol. The Morgan fingerprint density at radius 3 is 2.91 bits per heavy atom. The maximum absolute atomic E-state index is 13.5. The van der Waals surface area contributed by atoms with E-state index >= 15 is 0 Å². The Kier molecular flexibility index (Phi) is 7.05. The minimum absolute atomic E-state index is 0.0364. The molecule has 43 heavy (non-hydrogen) atoms. The summed E-state index contributed by atoms with van der Waals surface area (Å²) in [6.07, 6.45) is 7.67. The fraction of sp³-hybridized carbons (Fsp3) is 0.323. The zero-order chi connectivity index (χ0) is 29.5. The summed E-state index contributed by atoms with van der Waals surface area (Å²) in [6.45, 7) is 2.51. The number of hydrogen-bond donors (Lipinski definition) is 2. The van der Waals surface area contributed by atoms with Gasteiger partial charge < -0.3 is 24.6 Å². The summed E-state index contributed by atoms with van der Waals surface area (Å²) in [4.78, 5) is 32.8. The Bertz CT molecular complexity index is 1880. The van der Waals surface area contributed by atoms with Crippen LogP contribution in [0.3, 0.4) is 0 Å². The Morgan fingerprint density at radius 1 is 1.16 bits per heavy atom. The van der Waals surface area contributed by atoms with E-state index in [1.54, 1.807) is 31.9 Å². The maximum atomic E-state index is 13.5. The van der Waals surface area contributed by atoms with Crippen LogP contribution in [0.25, 0.3) is 21.1 Å². The number of hydrogen-bond acceptors (Lipinski definition) is 9. The van der Waals surface area contributed by atoms with Crippen molar-refractivity contribution in [1.82, 2.24) is 30.0 Å². The van der Waals surface area contributed by atoms with Crippen molar-refractivity contribution < 1.29 is 14.3 Å². The second kappa shape index (κ2) is 11.2. The molecule has 2 aromatic carbocycles. The van der Waals surface area contributed by atoms with Gasteiger partial charge in [-0.15, -0.1) is 11.3 Å². The number of carbonyl (C=O) groups excluding carboxylic acids is 1. The van der Waals surface area contributed by atoms with Crippen molar-refractivity contribution in [2.24, 2.45) is 4.99 Å². The van der Waals surface area contributed by atoms with Crippen LogP contribution in [0.2, 0.25) is 0 Å². The number of rotatable bonds is 8. The van der Waals surface area contributed by atoms with Crippen LogP contribution in [0, 0.1) is 0 Å². The number of benzene rings is 2. The maximum Gasteiger partial charge on any atom is 0.320 e. The number of ether oxygens (including phenoxy) is 2. The number of fused-ring (bicyclic) bond motifs is 5. The Labute approximate surface area is 252 Å². The van der Waals surface area contributed by atoms with Gasteiger partial charge in [-0.2, -0.15) is 5.10 Å². The van der Waals surface area contributed by atoms with Crippen molar-refractivity contribution in [2.45, 2.75) is 32.4 Å². The summed E-state index contributed by atoms with van der Waals surface area (Å²) in [5.74, 6) is 2.33. The summed E-state index contributed by atoms with van der Waals surface area (Å²) >= 11 is 1.63. The molecule has 7 rings (SSSR count). The average molecular weight is 597 g/mol. The summed E-state index contributed by atoms with van der Waals surface area (Å²) in [5, 5.41) is 12.7. The van der Waals surface area contributed by atoms with Gasteiger partial charge in [-0.3, -0.25) is 10.1 Å². The molecule has 0 bridgehead atoms. The van der Waals surface area contributed by atoms with E-state index in [0.29, 0.717) is 26.2 Å². The van der Waals surface area contributed by atoms with E-state index in [-0.39, 0.29) is 6.03 Å². The Hall–Kier alpha value is -4.71. The number of anilines is 2. The van der Waals surface area contributed by atoms with Crippen molar-refractivity contribution in [2.75, 3.05) is 39.7 Å². The van der Waals surface area contributed by atoms with E-state index in [2.05, 4.69) is 42.6 Å². The number of nitrogens with one attached hydrogen (secondary N) is 2. The number of aromatic amines is 1. The van der Waals surface area contributed by atoms with Gasteiger partial charge in [-0.05, 0) is 59.7 Å². The smallest absolute Gasteiger partial charge is 0.320 e. The van der Waals surface area contributed by atoms with Gasteiger partial charge in [0, 0.05) is 42.7 Å². The molecule has 2 aliphatic rings. The van der Waals surface area contributed by atoms with Gasteiger partial charge in [-0.1, -0.05) is 0 Å². The van der Waals surface area contributed by atoms with Gasteiger partial charge in [0.15, 0.2) is 0 Å². The number of aromatic nitrogens is 4. The van der Waals surface area contributed by atoms with E-state index in [1.807, 2.05) is 41.4 Å². The number of thiophene rings is 1. The first-order chi connectivity index (χ1) is 21.0. The molecule has 0 fully saturated rings. The fourth-order valence-electron chi connectivity index (χ4n) is 5.97. The number of aryl methyl sites for hydroxylation is 1. The van der Waals surface area contributed by atoms with Crippen LogP contribution in [0.1, 0.15) is 33.6 Å². The summed E-state index contributed by atoms with van der Waals surface area (Å²) < 4.78 is 11.3.